The molecule has 106 valence electrons. The minimum absolute atomic E-state index is 0.0555. The average Bonchev–Trinajstić information content (AvgIpc) is 2.84. The summed E-state index contributed by atoms with van der Waals surface area (Å²) in [5.41, 5.74) is 5.41. The van der Waals surface area contributed by atoms with Crippen LogP contribution in [0.2, 0.25) is 0 Å². The maximum atomic E-state index is 12.0. The van der Waals surface area contributed by atoms with Crippen LogP contribution in [-0.4, -0.2) is 51.7 Å². The van der Waals surface area contributed by atoms with Gasteiger partial charge in [-0.2, -0.15) is 4.98 Å². The minimum Gasteiger partial charge on any atom is -0.367 e. The van der Waals surface area contributed by atoms with Gasteiger partial charge in [0, 0.05) is 13.0 Å². The quantitative estimate of drug-likeness (QED) is 0.692. The monoisotopic (exact) mass is 266 g/mol. The lowest BCUT2D eigenvalue weighted by molar-refractivity contribution is -0.126. The molecule has 0 spiro atoms. The topological polar surface area (TPSA) is 99.9 Å². The first-order valence-electron chi connectivity index (χ1n) is 6.85. The first-order valence-corrected chi connectivity index (χ1v) is 6.85. The van der Waals surface area contributed by atoms with Crippen LogP contribution in [0.3, 0.4) is 0 Å². The second-order valence-electron chi connectivity index (χ2n) is 4.95. The summed E-state index contributed by atoms with van der Waals surface area (Å²) in [7, 11) is 0. The van der Waals surface area contributed by atoms with Crippen LogP contribution in [0.15, 0.2) is 0 Å². The van der Waals surface area contributed by atoms with Gasteiger partial charge in [-0.05, 0) is 32.9 Å². The third kappa shape index (κ3) is 3.92. The maximum Gasteiger partial charge on any atom is 0.239 e. The highest BCUT2D eigenvalue weighted by Gasteiger charge is 2.22. The predicted molar refractivity (Wildman–Crippen MR) is 72.4 cm³/mol. The van der Waals surface area contributed by atoms with Crippen LogP contribution in [0.1, 0.15) is 32.0 Å². The number of piperidine rings is 1. The summed E-state index contributed by atoms with van der Waals surface area (Å²) in [6, 6.07) is -0.0555. The number of nitrogens with two attached hydrogens (primary N) is 1. The molecule has 1 aliphatic heterocycles. The fourth-order valence-electron chi connectivity index (χ4n) is 2.35. The highest BCUT2D eigenvalue weighted by molar-refractivity contribution is 5.81. The number of rotatable bonds is 5. The summed E-state index contributed by atoms with van der Waals surface area (Å²) < 4.78 is 0. The van der Waals surface area contributed by atoms with Crippen molar-refractivity contribution in [3.8, 4) is 0 Å². The number of nitrogens with one attached hydrogen (secondary N) is 2. The molecule has 2 heterocycles. The Morgan fingerprint density at radius 1 is 1.47 bits per heavy atom. The van der Waals surface area contributed by atoms with Crippen LogP contribution in [0, 0.1) is 0 Å². The van der Waals surface area contributed by atoms with E-state index >= 15 is 0 Å². The van der Waals surface area contributed by atoms with Crippen LogP contribution in [0.25, 0.3) is 0 Å². The molecule has 1 atom stereocenters. The first-order chi connectivity index (χ1) is 9.16. The average molecular weight is 266 g/mol. The highest BCUT2D eigenvalue weighted by atomic mass is 16.2. The lowest BCUT2D eigenvalue weighted by Gasteiger charge is -2.31. The molecular weight excluding hydrogens is 244 g/mol. The number of anilines is 1. The van der Waals surface area contributed by atoms with E-state index in [2.05, 4.69) is 25.4 Å². The molecule has 1 saturated heterocycles. The van der Waals surface area contributed by atoms with Crippen molar-refractivity contribution < 1.29 is 4.79 Å². The van der Waals surface area contributed by atoms with E-state index in [-0.39, 0.29) is 17.9 Å². The van der Waals surface area contributed by atoms with E-state index in [4.69, 9.17) is 5.73 Å². The molecule has 1 aromatic heterocycles. The summed E-state index contributed by atoms with van der Waals surface area (Å²) >= 11 is 0. The zero-order valence-electron chi connectivity index (χ0n) is 11.4. The van der Waals surface area contributed by atoms with Crippen molar-refractivity contribution in [3.63, 3.8) is 0 Å². The molecular formula is C12H22N6O. The fourth-order valence-corrected chi connectivity index (χ4v) is 2.35. The van der Waals surface area contributed by atoms with E-state index in [1.165, 1.54) is 19.3 Å². The minimum atomic E-state index is -0.0555. The van der Waals surface area contributed by atoms with Crippen molar-refractivity contribution in [2.45, 2.75) is 38.6 Å². The molecule has 7 nitrogen and oxygen atoms in total. The summed E-state index contributed by atoms with van der Waals surface area (Å²) in [6.45, 7) is 4.55. The Hall–Kier alpha value is -1.63. The molecule has 1 amide bonds. The number of hydrogen-bond donors (Lipinski definition) is 3. The predicted octanol–water partition coefficient (Wildman–Crippen LogP) is -0.0800. The van der Waals surface area contributed by atoms with Gasteiger partial charge in [0.1, 0.15) is 5.82 Å². The number of hydrogen-bond acceptors (Lipinski definition) is 5. The number of nitrogens with zero attached hydrogens (tertiary/aromatic N) is 3. The third-order valence-electron chi connectivity index (χ3n) is 3.53. The lowest BCUT2D eigenvalue weighted by Crippen LogP contribution is -2.47. The molecule has 0 saturated carbocycles. The number of likely N-dealkylation sites (tertiary alicyclic amines) is 1. The van der Waals surface area contributed by atoms with Crippen LogP contribution < -0.4 is 11.1 Å². The van der Waals surface area contributed by atoms with Gasteiger partial charge in [-0.1, -0.05) is 6.42 Å². The number of aromatic nitrogens is 3. The van der Waals surface area contributed by atoms with E-state index in [9.17, 15) is 4.79 Å². The molecule has 1 fully saturated rings. The number of aromatic amines is 1. The Morgan fingerprint density at radius 2 is 2.21 bits per heavy atom. The number of carbonyl (C=O) groups excluding carboxylic acids is 1. The molecule has 2 rings (SSSR count). The van der Waals surface area contributed by atoms with Gasteiger partial charge in [0.25, 0.3) is 0 Å². The molecule has 0 bridgehead atoms. The molecule has 19 heavy (non-hydrogen) atoms. The Balaban J connectivity index is 1.71. The summed E-state index contributed by atoms with van der Waals surface area (Å²) in [5.74, 6) is 1.01. The second kappa shape index (κ2) is 6.51. The Labute approximate surface area is 113 Å². The van der Waals surface area contributed by atoms with Crippen LogP contribution in [0.5, 0.6) is 0 Å². The Kier molecular flexibility index (Phi) is 4.73. The first kappa shape index (κ1) is 13.8. The largest absolute Gasteiger partial charge is 0.367 e. The zero-order chi connectivity index (χ0) is 13.7. The fraction of sp³-hybridized carbons (Fsp3) is 0.750. The molecule has 1 aliphatic rings. The van der Waals surface area contributed by atoms with E-state index in [1.807, 2.05) is 6.92 Å². The molecule has 0 aliphatic carbocycles. The normalized spacial score (nSPS) is 18.2. The van der Waals surface area contributed by atoms with Gasteiger partial charge in [0.15, 0.2) is 0 Å². The maximum absolute atomic E-state index is 12.0. The van der Waals surface area contributed by atoms with Crippen molar-refractivity contribution >= 4 is 11.9 Å². The zero-order valence-corrected chi connectivity index (χ0v) is 11.4. The summed E-state index contributed by atoms with van der Waals surface area (Å²) in [4.78, 5) is 18.2. The Bertz CT molecular complexity index is 412. The van der Waals surface area contributed by atoms with E-state index in [0.717, 1.165) is 13.1 Å². The van der Waals surface area contributed by atoms with E-state index < -0.39 is 0 Å². The highest BCUT2D eigenvalue weighted by Crippen LogP contribution is 2.11. The molecule has 4 N–H and O–H groups in total. The molecule has 1 aromatic rings. The van der Waals surface area contributed by atoms with Gasteiger partial charge in [-0.3, -0.25) is 14.8 Å². The summed E-state index contributed by atoms with van der Waals surface area (Å²) in [6.07, 6.45) is 4.27. The number of nitrogen functional groups attached to an aromatic ring is 1. The van der Waals surface area contributed by atoms with Crippen LogP contribution in [0.4, 0.5) is 5.95 Å². The summed E-state index contributed by atoms with van der Waals surface area (Å²) in [5, 5.41) is 9.40. The number of H-pyrrole nitrogens is 1. The van der Waals surface area contributed by atoms with Gasteiger partial charge in [0.2, 0.25) is 11.9 Å². The van der Waals surface area contributed by atoms with Gasteiger partial charge in [-0.15, -0.1) is 5.10 Å². The van der Waals surface area contributed by atoms with Crippen molar-refractivity contribution in [2.75, 3.05) is 25.4 Å². The van der Waals surface area contributed by atoms with Crippen LogP contribution >= 0.6 is 0 Å². The second-order valence-corrected chi connectivity index (χ2v) is 4.95. The number of carbonyl (C=O) groups is 1. The van der Waals surface area contributed by atoms with Crippen molar-refractivity contribution in [3.05, 3.63) is 5.82 Å². The van der Waals surface area contributed by atoms with Gasteiger partial charge in [0.05, 0.1) is 6.04 Å². The van der Waals surface area contributed by atoms with Crippen LogP contribution in [-0.2, 0) is 11.2 Å². The molecule has 0 aromatic carbocycles. The van der Waals surface area contributed by atoms with E-state index in [0.29, 0.717) is 18.8 Å². The van der Waals surface area contributed by atoms with Gasteiger partial charge < -0.3 is 11.1 Å². The van der Waals surface area contributed by atoms with E-state index in [1.54, 1.807) is 0 Å². The molecule has 0 radical (unpaired) electrons. The van der Waals surface area contributed by atoms with Gasteiger partial charge in [-0.25, -0.2) is 0 Å². The SMILES string of the molecule is CC(C(=O)NCCc1nc(N)n[nH]1)N1CCCCC1. The lowest BCUT2D eigenvalue weighted by atomic mass is 10.1. The molecule has 7 heteroatoms. The smallest absolute Gasteiger partial charge is 0.239 e. The molecule has 1 unspecified atom stereocenters. The third-order valence-corrected chi connectivity index (χ3v) is 3.53. The number of amides is 1. The standard InChI is InChI=1S/C12H22N6O/c1-9(18-7-3-2-4-8-18)11(19)14-6-5-10-15-12(13)17-16-10/h9H,2-8H2,1H3,(H,14,19)(H3,13,15,16,17). The van der Waals surface area contributed by atoms with Crippen molar-refractivity contribution in [2.24, 2.45) is 0 Å². The van der Waals surface area contributed by atoms with Crippen molar-refractivity contribution in [1.82, 2.24) is 25.4 Å². The van der Waals surface area contributed by atoms with Crippen molar-refractivity contribution in [1.29, 1.82) is 0 Å². The Morgan fingerprint density at radius 3 is 2.84 bits per heavy atom. The van der Waals surface area contributed by atoms with Gasteiger partial charge >= 0.3 is 0 Å².